The minimum atomic E-state index is -0.397. The molecule has 1 aliphatic rings. The zero-order valence-corrected chi connectivity index (χ0v) is 13.2. The number of amides is 3. The maximum Gasteiger partial charge on any atom is 0.323 e. The molecule has 0 bridgehead atoms. The van der Waals surface area contributed by atoms with Gasteiger partial charge in [-0.2, -0.15) is 5.10 Å². The van der Waals surface area contributed by atoms with Gasteiger partial charge in [-0.25, -0.2) is 4.79 Å². The fourth-order valence-electron chi connectivity index (χ4n) is 2.85. The molecule has 0 radical (unpaired) electrons. The summed E-state index contributed by atoms with van der Waals surface area (Å²) in [4.78, 5) is 24.1. The Morgan fingerprint density at radius 1 is 1.00 bits per heavy atom. The molecule has 0 unspecified atom stereocenters. The van der Waals surface area contributed by atoms with E-state index in [1.165, 1.54) is 0 Å². The van der Waals surface area contributed by atoms with E-state index in [0.717, 1.165) is 16.8 Å². The summed E-state index contributed by atoms with van der Waals surface area (Å²) in [6, 6.07) is 14.5. The molecule has 4 N–H and O–H groups in total. The zero-order valence-electron chi connectivity index (χ0n) is 13.2. The molecule has 1 aromatic heterocycles. The number of benzene rings is 2. The van der Waals surface area contributed by atoms with Crippen molar-refractivity contribution in [1.82, 2.24) is 15.5 Å². The highest BCUT2D eigenvalue weighted by Gasteiger charge is 2.22. The Balaban J connectivity index is 1.53. The number of aromatic nitrogens is 2. The molecule has 4 rings (SSSR count). The molecule has 3 aromatic rings. The molecule has 0 spiro atoms. The monoisotopic (exact) mass is 333 g/mol. The van der Waals surface area contributed by atoms with Crippen molar-refractivity contribution in [1.29, 1.82) is 0 Å². The molecule has 0 atom stereocenters. The maximum absolute atomic E-state index is 12.4. The van der Waals surface area contributed by atoms with Crippen LogP contribution in [0.3, 0.4) is 0 Å². The molecule has 2 aromatic carbocycles. The van der Waals surface area contributed by atoms with E-state index in [2.05, 4.69) is 26.1 Å². The van der Waals surface area contributed by atoms with Crippen molar-refractivity contribution in [2.24, 2.45) is 0 Å². The predicted molar refractivity (Wildman–Crippen MR) is 94.3 cm³/mol. The minimum Gasteiger partial charge on any atom is -0.348 e. The summed E-state index contributed by atoms with van der Waals surface area (Å²) >= 11 is 0. The Hall–Kier alpha value is -3.61. The fraction of sp³-hybridized carbons (Fsp3) is 0.0556. The lowest BCUT2D eigenvalue weighted by Gasteiger charge is -2.10. The van der Waals surface area contributed by atoms with Gasteiger partial charge in [-0.1, -0.05) is 36.4 Å². The van der Waals surface area contributed by atoms with Crippen LogP contribution in [-0.4, -0.2) is 22.1 Å². The minimum absolute atomic E-state index is 0.125. The quantitative estimate of drug-likeness (QED) is 0.593. The molecule has 2 heterocycles. The summed E-state index contributed by atoms with van der Waals surface area (Å²) < 4.78 is 0. The van der Waals surface area contributed by atoms with Crippen molar-refractivity contribution in [3.63, 3.8) is 0 Å². The molecular weight excluding hydrogens is 318 g/mol. The number of hydrogen-bond acceptors (Lipinski definition) is 3. The number of aromatic amines is 1. The zero-order chi connectivity index (χ0) is 17.2. The van der Waals surface area contributed by atoms with E-state index in [4.69, 9.17) is 0 Å². The van der Waals surface area contributed by atoms with Gasteiger partial charge in [0.25, 0.3) is 5.91 Å². The van der Waals surface area contributed by atoms with Gasteiger partial charge in [-0.05, 0) is 12.1 Å². The molecule has 25 heavy (non-hydrogen) atoms. The molecule has 0 saturated carbocycles. The Morgan fingerprint density at radius 3 is 2.64 bits per heavy atom. The van der Waals surface area contributed by atoms with E-state index in [9.17, 15) is 9.59 Å². The highest BCUT2D eigenvalue weighted by Crippen LogP contribution is 2.26. The van der Waals surface area contributed by atoms with Crippen molar-refractivity contribution in [3.8, 4) is 11.3 Å². The second-order valence-corrected chi connectivity index (χ2v) is 5.62. The molecule has 3 amide bonds. The van der Waals surface area contributed by atoms with Crippen LogP contribution in [0.4, 0.5) is 16.2 Å². The van der Waals surface area contributed by atoms with E-state index in [1.54, 1.807) is 24.4 Å². The van der Waals surface area contributed by atoms with Crippen molar-refractivity contribution in [3.05, 3.63) is 65.9 Å². The summed E-state index contributed by atoms with van der Waals surface area (Å²) in [6.45, 7) is 0.408. The summed E-state index contributed by atoms with van der Waals surface area (Å²) in [5, 5.41) is 15.2. The van der Waals surface area contributed by atoms with Gasteiger partial charge in [0, 0.05) is 28.9 Å². The second-order valence-electron chi connectivity index (χ2n) is 5.62. The van der Waals surface area contributed by atoms with Gasteiger partial charge in [0.15, 0.2) is 0 Å². The molecule has 7 heteroatoms. The van der Waals surface area contributed by atoms with Crippen LogP contribution in [0.2, 0.25) is 0 Å². The topological polar surface area (TPSA) is 98.9 Å². The van der Waals surface area contributed by atoms with Crippen LogP contribution < -0.4 is 16.0 Å². The summed E-state index contributed by atoms with van der Waals surface area (Å²) in [7, 11) is 0. The van der Waals surface area contributed by atoms with Gasteiger partial charge in [0.05, 0.1) is 17.6 Å². The average Bonchev–Trinajstić information content (AvgIpc) is 3.23. The molecule has 0 fully saturated rings. The summed E-state index contributed by atoms with van der Waals surface area (Å²) in [5.74, 6) is -0.125. The SMILES string of the molecule is O=C(Nc1cn[nH]c1-c1ccccc1)Nc1cccc2c1CNC2=O. The van der Waals surface area contributed by atoms with Crippen LogP contribution in [0.25, 0.3) is 11.3 Å². The lowest BCUT2D eigenvalue weighted by Crippen LogP contribution is -2.20. The Morgan fingerprint density at radius 2 is 1.80 bits per heavy atom. The first-order valence-electron chi connectivity index (χ1n) is 7.79. The normalized spacial score (nSPS) is 12.4. The Kier molecular flexibility index (Phi) is 3.66. The van der Waals surface area contributed by atoms with E-state index in [1.807, 2.05) is 30.3 Å². The number of H-pyrrole nitrogens is 1. The van der Waals surface area contributed by atoms with Gasteiger partial charge in [-0.3, -0.25) is 9.89 Å². The van der Waals surface area contributed by atoms with Crippen LogP contribution in [0.1, 0.15) is 15.9 Å². The number of rotatable bonds is 3. The second kappa shape index (κ2) is 6.12. The van der Waals surface area contributed by atoms with Gasteiger partial charge in [0.1, 0.15) is 0 Å². The number of anilines is 2. The molecule has 7 nitrogen and oxygen atoms in total. The Labute approximate surface area is 143 Å². The van der Waals surface area contributed by atoms with Gasteiger partial charge in [-0.15, -0.1) is 0 Å². The van der Waals surface area contributed by atoms with Gasteiger partial charge < -0.3 is 16.0 Å². The predicted octanol–water partition coefficient (Wildman–Crippen LogP) is 2.96. The highest BCUT2D eigenvalue weighted by atomic mass is 16.2. The first-order valence-corrected chi connectivity index (χ1v) is 7.79. The molecule has 124 valence electrons. The lowest BCUT2D eigenvalue weighted by molar-refractivity contribution is 0.0965. The smallest absolute Gasteiger partial charge is 0.323 e. The molecule has 0 saturated heterocycles. The van der Waals surface area contributed by atoms with Crippen molar-refractivity contribution in [2.75, 3.05) is 10.6 Å². The standard InChI is InChI=1S/C18H15N5O2/c24-17-12-7-4-8-14(13(12)9-19-17)21-18(25)22-15-10-20-23-16(15)11-5-2-1-3-6-11/h1-8,10H,9H2,(H,19,24)(H,20,23)(H2,21,22,25). The van der Waals surface area contributed by atoms with E-state index in [0.29, 0.717) is 23.5 Å². The number of carbonyl (C=O) groups is 2. The van der Waals surface area contributed by atoms with Crippen LogP contribution in [-0.2, 0) is 6.54 Å². The van der Waals surface area contributed by atoms with Crippen LogP contribution >= 0.6 is 0 Å². The van der Waals surface area contributed by atoms with Crippen molar-refractivity contribution in [2.45, 2.75) is 6.54 Å². The summed E-state index contributed by atoms with van der Waals surface area (Å²) in [5.41, 5.74) is 4.21. The molecular formula is C18H15N5O2. The molecule has 1 aliphatic heterocycles. The Bertz CT molecular complexity index is 949. The third-order valence-corrected chi connectivity index (χ3v) is 4.04. The van der Waals surface area contributed by atoms with Gasteiger partial charge >= 0.3 is 6.03 Å². The number of fused-ring (bicyclic) bond motifs is 1. The number of hydrogen-bond donors (Lipinski definition) is 4. The van der Waals surface area contributed by atoms with E-state index >= 15 is 0 Å². The lowest BCUT2D eigenvalue weighted by atomic mass is 10.1. The number of urea groups is 1. The highest BCUT2D eigenvalue weighted by molar-refractivity contribution is 6.05. The van der Waals surface area contributed by atoms with Crippen LogP contribution in [0.5, 0.6) is 0 Å². The first kappa shape index (κ1) is 14.9. The van der Waals surface area contributed by atoms with Crippen molar-refractivity contribution >= 4 is 23.3 Å². The average molecular weight is 333 g/mol. The van der Waals surface area contributed by atoms with E-state index in [-0.39, 0.29) is 5.91 Å². The van der Waals surface area contributed by atoms with Crippen LogP contribution in [0, 0.1) is 0 Å². The fourth-order valence-corrected chi connectivity index (χ4v) is 2.85. The number of nitrogens with zero attached hydrogens (tertiary/aromatic N) is 1. The van der Waals surface area contributed by atoms with E-state index < -0.39 is 6.03 Å². The van der Waals surface area contributed by atoms with Crippen LogP contribution in [0.15, 0.2) is 54.7 Å². The van der Waals surface area contributed by atoms with Crippen molar-refractivity contribution < 1.29 is 9.59 Å². The number of carbonyl (C=O) groups excluding carboxylic acids is 2. The summed E-state index contributed by atoms with van der Waals surface area (Å²) in [6.07, 6.45) is 1.56. The number of nitrogens with one attached hydrogen (secondary N) is 4. The maximum atomic E-state index is 12.4. The first-order chi connectivity index (χ1) is 12.2. The third kappa shape index (κ3) is 2.83. The third-order valence-electron chi connectivity index (χ3n) is 4.04. The van der Waals surface area contributed by atoms with Gasteiger partial charge in [0.2, 0.25) is 0 Å². The largest absolute Gasteiger partial charge is 0.348 e. The molecule has 0 aliphatic carbocycles.